The van der Waals surface area contributed by atoms with Crippen LogP contribution in [0, 0.1) is 46.3 Å². The summed E-state index contributed by atoms with van der Waals surface area (Å²) in [5.41, 5.74) is 2.39. The highest BCUT2D eigenvalue weighted by Crippen LogP contribution is 2.69. The maximum absolute atomic E-state index is 10.3. The molecule has 30 heavy (non-hydrogen) atoms. The Labute approximate surface area is 183 Å². The fourth-order valence-electron chi connectivity index (χ4n) is 9.29. The van der Waals surface area contributed by atoms with Gasteiger partial charge in [-0.25, -0.2) is 0 Å². The van der Waals surface area contributed by atoms with Gasteiger partial charge in [-0.05, 0) is 111 Å². The summed E-state index contributed by atoms with van der Waals surface area (Å²) in [6.07, 6.45) is 12.4. The minimum Gasteiger partial charge on any atom is -0.494 e. The Morgan fingerprint density at radius 1 is 1.03 bits per heavy atom. The highest BCUT2D eigenvalue weighted by molar-refractivity contribution is 5.26. The number of hydrogen-bond donors (Lipinski definition) is 2. The molecule has 0 aromatic rings. The second kappa shape index (κ2) is 7.51. The van der Waals surface area contributed by atoms with E-state index in [1.165, 1.54) is 49.9 Å². The van der Waals surface area contributed by atoms with E-state index in [9.17, 15) is 10.2 Å². The molecule has 0 saturated heterocycles. The molecule has 1 aliphatic heterocycles. The molecule has 0 radical (unpaired) electrons. The van der Waals surface area contributed by atoms with E-state index in [4.69, 9.17) is 4.74 Å². The molecule has 170 valence electrons. The Kier molecular flexibility index (Phi) is 5.33. The van der Waals surface area contributed by atoms with Crippen molar-refractivity contribution in [2.45, 2.75) is 104 Å². The molecule has 1 heterocycles. The van der Waals surface area contributed by atoms with Gasteiger partial charge in [-0.15, -0.1) is 0 Å². The van der Waals surface area contributed by atoms with Crippen molar-refractivity contribution < 1.29 is 14.9 Å². The number of ether oxygens (including phenoxy) is 1. The van der Waals surface area contributed by atoms with Gasteiger partial charge in [0.1, 0.15) is 6.10 Å². The van der Waals surface area contributed by atoms with Crippen molar-refractivity contribution in [2.24, 2.45) is 46.3 Å². The Morgan fingerprint density at radius 2 is 1.80 bits per heavy atom. The van der Waals surface area contributed by atoms with Crippen LogP contribution in [0.15, 0.2) is 11.3 Å². The summed E-state index contributed by atoms with van der Waals surface area (Å²) in [5, 5.41) is 19.7. The number of aliphatic hydroxyl groups is 2. The second-order valence-electron chi connectivity index (χ2n) is 12.4. The highest BCUT2D eigenvalue weighted by Gasteiger charge is 2.64. The van der Waals surface area contributed by atoms with E-state index < -0.39 is 0 Å². The Balaban J connectivity index is 1.36. The van der Waals surface area contributed by atoms with Crippen LogP contribution in [0.4, 0.5) is 0 Å². The van der Waals surface area contributed by atoms with E-state index in [2.05, 4.69) is 27.7 Å². The molecule has 0 unspecified atom stereocenters. The van der Waals surface area contributed by atoms with Crippen molar-refractivity contribution in [2.75, 3.05) is 6.61 Å². The van der Waals surface area contributed by atoms with Crippen LogP contribution in [0.3, 0.4) is 0 Å². The predicted molar refractivity (Wildman–Crippen MR) is 120 cm³/mol. The van der Waals surface area contributed by atoms with Gasteiger partial charge in [0.15, 0.2) is 0 Å². The van der Waals surface area contributed by atoms with E-state index in [1.54, 1.807) is 0 Å². The van der Waals surface area contributed by atoms with Crippen molar-refractivity contribution in [1.82, 2.24) is 0 Å². The fraction of sp³-hybridized carbons (Fsp3) is 0.926. The molecule has 5 rings (SSSR count). The lowest BCUT2D eigenvalue weighted by Crippen LogP contribution is -2.54. The number of fused-ring (bicyclic) bond motifs is 7. The van der Waals surface area contributed by atoms with Crippen LogP contribution in [-0.2, 0) is 4.74 Å². The van der Waals surface area contributed by atoms with Gasteiger partial charge in [0.05, 0.1) is 11.9 Å². The Morgan fingerprint density at radius 3 is 2.57 bits per heavy atom. The lowest BCUT2D eigenvalue weighted by Gasteiger charge is -2.60. The molecule has 0 aromatic carbocycles. The lowest BCUT2D eigenvalue weighted by molar-refractivity contribution is -0.124. The predicted octanol–water partition coefficient (Wildman–Crippen LogP) is 5.70. The first-order chi connectivity index (χ1) is 14.3. The molecule has 0 aromatic heterocycles. The van der Waals surface area contributed by atoms with Crippen molar-refractivity contribution in [1.29, 1.82) is 0 Å². The first-order valence-corrected chi connectivity index (χ1v) is 12.9. The summed E-state index contributed by atoms with van der Waals surface area (Å²) >= 11 is 0. The lowest BCUT2D eigenvalue weighted by atomic mass is 9.44. The van der Waals surface area contributed by atoms with Gasteiger partial charge in [0, 0.05) is 18.9 Å². The number of hydrogen-bond acceptors (Lipinski definition) is 3. The van der Waals surface area contributed by atoms with Gasteiger partial charge in [-0.3, -0.25) is 0 Å². The summed E-state index contributed by atoms with van der Waals surface area (Å²) in [6, 6.07) is 0. The first-order valence-electron chi connectivity index (χ1n) is 12.9. The molecule has 2 N–H and O–H groups in total. The van der Waals surface area contributed by atoms with Gasteiger partial charge in [-0.1, -0.05) is 20.8 Å². The van der Waals surface area contributed by atoms with Crippen molar-refractivity contribution in [3.63, 3.8) is 0 Å². The smallest absolute Gasteiger partial charge is 0.106 e. The molecule has 5 aliphatic rings. The topological polar surface area (TPSA) is 49.7 Å². The van der Waals surface area contributed by atoms with Crippen LogP contribution in [0.5, 0.6) is 0 Å². The SMILES string of the molecule is CC1=C(CC[C@@H](C)CO)O[C@H]2C[C@H]3[C@@H]4CC[C@@H]5C[C@@H](O)CC[C@]5(C)[C@H]4CC[C@]3(C)[C@@H]12. The summed E-state index contributed by atoms with van der Waals surface area (Å²) < 4.78 is 6.64. The minimum absolute atomic E-state index is 0.0486. The average Bonchev–Trinajstić information content (AvgIpc) is 3.20. The van der Waals surface area contributed by atoms with Crippen molar-refractivity contribution >= 4 is 0 Å². The second-order valence-corrected chi connectivity index (χ2v) is 12.4. The van der Waals surface area contributed by atoms with Crippen molar-refractivity contribution in [3.8, 4) is 0 Å². The van der Waals surface area contributed by atoms with Gasteiger partial charge in [0.2, 0.25) is 0 Å². The monoisotopic (exact) mass is 416 g/mol. The molecule has 4 saturated carbocycles. The standard InChI is InChI=1S/C27H44O3/c1-16(15-28)5-8-23-17(2)25-24(30-23)14-22-20-7-6-18-13-19(29)9-11-26(18,3)21(20)10-12-27(22,25)4/h16,18-22,24-25,28-29H,5-15H2,1-4H3/t16-,18-,19+,20-,21+,22+,24+,25+,26+,27+/m1/s1. The molecular weight excluding hydrogens is 372 g/mol. The largest absolute Gasteiger partial charge is 0.494 e. The molecular formula is C27H44O3. The van der Waals surface area contributed by atoms with E-state index in [-0.39, 0.29) is 12.7 Å². The number of rotatable bonds is 4. The summed E-state index contributed by atoms with van der Waals surface area (Å²) in [6.45, 7) is 9.94. The highest BCUT2D eigenvalue weighted by atomic mass is 16.5. The molecule has 3 heteroatoms. The maximum atomic E-state index is 10.3. The normalized spacial score (nSPS) is 50.9. The molecule has 4 fully saturated rings. The van der Waals surface area contributed by atoms with Crippen LogP contribution in [0.2, 0.25) is 0 Å². The molecule has 0 amide bonds. The van der Waals surface area contributed by atoms with Crippen LogP contribution >= 0.6 is 0 Å². The summed E-state index contributed by atoms with van der Waals surface area (Å²) in [5.74, 6) is 5.49. The van der Waals surface area contributed by atoms with Gasteiger partial charge in [-0.2, -0.15) is 0 Å². The zero-order valence-corrected chi connectivity index (χ0v) is 19.7. The van der Waals surface area contributed by atoms with Gasteiger partial charge < -0.3 is 14.9 Å². The Hall–Kier alpha value is -0.540. The third-order valence-corrected chi connectivity index (χ3v) is 11.0. The Bertz CT molecular complexity index is 700. The third kappa shape index (κ3) is 3.04. The first kappa shape index (κ1) is 21.3. The zero-order chi connectivity index (χ0) is 21.3. The van der Waals surface area contributed by atoms with E-state index in [0.29, 0.717) is 28.8 Å². The fourth-order valence-corrected chi connectivity index (χ4v) is 9.29. The average molecular weight is 417 g/mol. The quantitative estimate of drug-likeness (QED) is 0.618. The van der Waals surface area contributed by atoms with E-state index >= 15 is 0 Å². The number of aliphatic hydroxyl groups excluding tert-OH is 2. The van der Waals surface area contributed by atoms with Gasteiger partial charge >= 0.3 is 0 Å². The molecule has 4 aliphatic carbocycles. The zero-order valence-electron chi connectivity index (χ0n) is 19.7. The van der Waals surface area contributed by atoms with E-state index in [1.807, 2.05) is 0 Å². The molecule has 0 spiro atoms. The minimum atomic E-state index is -0.0486. The van der Waals surface area contributed by atoms with Crippen LogP contribution in [-0.4, -0.2) is 29.0 Å². The van der Waals surface area contributed by atoms with Crippen LogP contribution in [0.1, 0.15) is 91.9 Å². The molecule has 10 atom stereocenters. The summed E-state index contributed by atoms with van der Waals surface area (Å²) in [7, 11) is 0. The third-order valence-electron chi connectivity index (χ3n) is 11.0. The summed E-state index contributed by atoms with van der Waals surface area (Å²) in [4.78, 5) is 0. The number of allylic oxidation sites excluding steroid dienone is 1. The molecule has 3 nitrogen and oxygen atoms in total. The van der Waals surface area contributed by atoms with Crippen LogP contribution in [0.25, 0.3) is 0 Å². The molecule has 0 bridgehead atoms. The van der Waals surface area contributed by atoms with Gasteiger partial charge in [0.25, 0.3) is 0 Å². The van der Waals surface area contributed by atoms with Crippen molar-refractivity contribution in [3.05, 3.63) is 11.3 Å². The van der Waals surface area contributed by atoms with E-state index in [0.717, 1.165) is 49.4 Å². The van der Waals surface area contributed by atoms with Crippen LogP contribution < -0.4 is 0 Å². The maximum Gasteiger partial charge on any atom is 0.106 e.